The zero-order valence-electron chi connectivity index (χ0n) is 23.8. The molecule has 0 N–H and O–H groups in total. The highest BCUT2D eigenvalue weighted by molar-refractivity contribution is 6.34. The topological polar surface area (TPSA) is 71.0 Å². The van der Waals surface area contributed by atoms with Crippen molar-refractivity contribution in [1.82, 2.24) is 9.13 Å². The number of rotatable bonds is 3. The molecule has 0 aliphatic carbocycles. The Morgan fingerprint density at radius 1 is 0.511 bits per heavy atom. The Morgan fingerprint density at radius 3 is 1.84 bits per heavy atom. The van der Waals surface area contributed by atoms with Crippen LogP contribution >= 0.6 is 0 Å². The third-order valence-electron chi connectivity index (χ3n) is 8.88. The van der Waals surface area contributed by atoms with E-state index in [1.807, 2.05) is 48.5 Å². The summed E-state index contributed by atoms with van der Waals surface area (Å²) < 4.78 is 4.39. The third-order valence-corrected chi connectivity index (χ3v) is 8.88. The molecule has 8 aromatic rings. The van der Waals surface area contributed by atoms with E-state index in [2.05, 4.69) is 57.7 Å². The van der Waals surface area contributed by atoms with Crippen LogP contribution in [0.3, 0.4) is 0 Å². The summed E-state index contributed by atoms with van der Waals surface area (Å²) in [5.74, 6) is -0.747. The van der Waals surface area contributed by atoms with Gasteiger partial charge in [-0.15, -0.1) is 0 Å². The molecular weight excluding hydrogens is 556 g/mol. The smallest absolute Gasteiger partial charge is 0.266 e. The molecule has 6 heteroatoms. The van der Waals surface area contributed by atoms with Gasteiger partial charge in [0.2, 0.25) is 0 Å². The van der Waals surface area contributed by atoms with E-state index in [-0.39, 0.29) is 11.8 Å². The summed E-state index contributed by atoms with van der Waals surface area (Å²) in [6, 6.07) is 45.5. The van der Waals surface area contributed by atoms with Crippen LogP contribution in [0.1, 0.15) is 26.3 Å². The van der Waals surface area contributed by atoms with Crippen LogP contribution in [0.25, 0.3) is 55.0 Å². The SMILES string of the molecule is N#Cc1ccc(N2C(=O)c3ccccc3C2=O)cc1-n1c2ccccc2c2ccc3c(c4ccccc4n3-c3ccccc3)c21. The van der Waals surface area contributed by atoms with E-state index in [1.165, 1.54) is 4.90 Å². The average Bonchev–Trinajstić information content (AvgIpc) is 3.70. The Balaban J connectivity index is 1.41. The average molecular weight is 579 g/mol. The van der Waals surface area contributed by atoms with Crippen LogP contribution in [0.2, 0.25) is 0 Å². The van der Waals surface area contributed by atoms with E-state index in [0.29, 0.717) is 28.1 Å². The van der Waals surface area contributed by atoms with Crippen molar-refractivity contribution in [3.05, 3.63) is 150 Å². The maximum absolute atomic E-state index is 13.5. The first kappa shape index (κ1) is 25.1. The second-order valence-corrected chi connectivity index (χ2v) is 11.2. The van der Waals surface area contributed by atoms with Gasteiger partial charge in [-0.05, 0) is 60.7 Å². The van der Waals surface area contributed by atoms with Gasteiger partial charge in [-0.2, -0.15) is 5.26 Å². The van der Waals surface area contributed by atoms with Crippen molar-refractivity contribution in [2.45, 2.75) is 0 Å². The van der Waals surface area contributed by atoms with Gasteiger partial charge in [0.15, 0.2) is 0 Å². The van der Waals surface area contributed by atoms with Gasteiger partial charge in [0, 0.05) is 27.2 Å². The predicted octanol–water partition coefficient (Wildman–Crippen LogP) is 8.55. The van der Waals surface area contributed by atoms with Crippen LogP contribution in [-0.4, -0.2) is 20.9 Å². The summed E-state index contributed by atoms with van der Waals surface area (Å²) in [5, 5.41) is 14.6. The fraction of sp³-hybridized carbons (Fsp3) is 0. The second-order valence-electron chi connectivity index (χ2n) is 11.2. The van der Waals surface area contributed by atoms with Gasteiger partial charge in [0.25, 0.3) is 11.8 Å². The summed E-state index contributed by atoms with van der Waals surface area (Å²) in [5.41, 5.74) is 7.24. The highest BCUT2D eigenvalue weighted by Gasteiger charge is 2.36. The Labute approximate surface area is 257 Å². The molecule has 3 heterocycles. The van der Waals surface area contributed by atoms with Crippen molar-refractivity contribution >= 4 is 61.1 Å². The molecule has 2 amide bonds. The standard InChI is InChI=1S/C39H22N4O2/c40-23-24-18-19-26(42-38(44)29-13-4-5-14-30(29)39(42)45)22-35(24)43-32-16-8-6-12-27(32)28-20-21-34-36(37(28)43)31-15-7-9-17-33(31)41(34)25-10-2-1-3-11-25/h1-22H. The molecule has 0 spiro atoms. The monoisotopic (exact) mass is 578 g/mol. The minimum absolute atomic E-state index is 0.373. The van der Waals surface area contributed by atoms with Gasteiger partial charge < -0.3 is 9.13 Å². The highest BCUT2D eigenvalue weighted by Crippen LogP contribution is 2.43. The Morgan fingerprint density at radius 2 is 1.13 bits per heavy atom. The molecule has 210 valence electrons. The van der Waals surface area contributed by atoms with Crippen LogP contribution in [0.5, 0.6) is 0 Å². The number of anilines is 1. The number of hydrogen-bond acceptors (Lipinski definition) is 3. The zero-order chi connectivity index (χ0) is 30.2. The summed E-state index contributed by atoms with van der Waals surface area (Å²) in [6.45, 7) is 0. The summed E-state index contributed by atoms with van der Waals surface area (Å²) in [4.78, 5) is 28.2. The van der Waals surface area contributed by atoms with Crippen molar-refractivity contribution in [3.8, 4) is 17.4 Å². The number of amides is 2. The number of nitriles is 1. The number of fused-ring (bicyclic) bond motifs is 8. The van der Waals surface area contributed by atoms with Crippen molar-refractivity contribution < 1.29 is 9.59 Å². The van der Waals surface area contributed by atoms with Crippen molar-refractivity contribution in [3.63, 3.8) is 0 Å². The number of carbonyl (C=O) groups excluding carboxylic acids is 2. The van der Waals surface area contributed by atoms with E-state index < -0.39 is 0 Å². The molecule has 0 unspecified atom stereocenters. The van der Waals surface area contributed by atoms with Crippen LogP contribution in [0, 0.1) is 11.3 Å². The molecule has 0 atom stereocenters. The number of imide groups is 1. The van der Waals surface area contributed by atoms with Crippen molar-refractivity contribution in [1.29, 1.82) is 5.26 Å². The lowest BCUT2D eigenvalue weighted by molar-refractivity contribution is 0.0926. The lowest BCUT2D eigenvalue weighted by atomic mass is 10.1. The fourth-order valence-electron chi connectivity index (χ4n) is 6.98. The van der Waals surface area contributed by atoms with Crippen LogP contribution in [0.4, 0.5) is 5.69 Å². The number of nitrogens with zero attached hydrogens (tertiary/aromatic N) is 4. The molecule has 2 aromatic heterocycles. The Bertz CT molecular complexity index is 2570. The van der Waals surface area contributed by atoms with Gasteiger partial charge in [-0.3, -0.25) is 9.59 Å². The first-order chi connectivity index (χ1) is 22.2. The predicted molar refractivity (Wildman–Crippen MR) is 177 cm³/mol. The minimum Gasteiger partial charge on any atom is -0.309 e. The van der Waals surface area contributed by atoms with E-state index in [9.17, 15) is 14.9 Å². The van der Waals surface area contributed by atoms with Crippen LogP contribution in [-0.2, 0) is 0 Å². The molecule has 0 radical (unpaired) electrons. The normalized spacial score (nSPS) is 12.9. The molecular formula is C39H22N4O2. The lowest BCUT2D eigenvalue weighted by Gasteiger charge is -2.17. The maximum atomic E-state index is 13.5. The highest BCUT2D eigenvalue weighted by atomic mass is 16.2. The molecule has 0 bridgehead atoms. The summed E-state index contributed by atoms with van der Waals surface area (Å²) in [6.07, 6.45) is 0. The van der Waals surface area contributed by atoms with Crippen LogP contribution < -0.4 is 4.90 Å². The largest absolute Gasteiger partial charge is 0.309 e. The molecule has 0 fully saturated rings. The maximum Gasteiger partial charge on any atom is 0.266 e. The van der Waals surface area contributed by atoms with Gasteiger partial charge >= 0.3 is 0 Å². The molecule has 1 aliphatic heterocycles. The van der Waals surface area contributed by atoms with Gasteiger partial charge in [-0.25, -0.2) is 4.90 Å². The molecule has 1 aliphatic rings. The van der Waals surface area contributed by atoms with Gasteiger partial charge in [-0.1, -0.05) is 72.8 Å². The first-order valence-corrected chi connectivity index (χ1v) is 14.7. The minimum atomic E-state index is -0.373. The number of aromatic nitrogens is 2. The fourth-order valence-corrected chi connectivity index (χ4v) is 6.98. The van der Waals surface area contributed by atoms with E-state index in [0.717, 1.165) is 49.3 Å². The molecule has 0 saturated heterocycles. The van der Waals surface area contributed by atoms with Crippen molar-refractivity contribution in [2.24, 2.45) is 0 Å². The lowest BCUT2D eigenvalue weighted by Crippen LogP contribution is -2.29. The Hall–Kier alpha value is -6.45. The second kappa shape index (κ2) is 9.27. The van der Waals surface area contributed by atoms with Crippen molar-refractivity contribution in [2.75, 3.05) is 4.90 Å². The van der Waals surface area contributed by atoms with Crippen LogP contribution in [0.15, 0.2) is 133 Å². The number of para-hydroxylation sites is 3. The zero-order valence-corrected chi connectivity index (χ0v) is 23.8. The van der Waals surface area contributed by atoms with Gasteiger partial charge in [0.1, 0.15) is 6.07 Å². The molecule has 45 heavy (non-hydrogen) atoms. The third kappa shape index (κ3) is 3.38. The number of hydrogen-bond donors (Lipinski definition) is 0. The van der Waals surface area contributed by atoms with Gasteiger partial charge in [0.05, 0.1) is 50.1 Å². The quantitative estimate of drug-likeness (QED) is 0.197. The number of carbonyl (C=O) groups is 2. The Kier molecular flexibility index (Phi) is 5.17. The first-order valence-electron chi connectivity index (χ1n) is 14.7. The molecule has 6 nitrogen and oxygen atoms in total. The van der Waals surface area contributed by atoms with E-state index >= 15 is 0 Å². The molecule has 9 rings (SSSR count). The number of benzene rings is 6. The van der Waals surface area contributed by atoms with E-state index in [1.54, 1.807) is 42.5 Å². The summed E-state index contributed by atoms with van der Waals surface area (Å²) in [7, 11) is 0. The molecule has 6 aromatic carbocycles. The molecule has 0 saturated carbocycles. The van der Waals surface area contributed by atoms with E-state index in [4.69, 9.17) is 0 Å². The summed E-state index contributed by atoms with van der Waals surface area (Å²) >= 11 is 0.